The van der Waals surface area contributed by atoms with Crippen molar-refractivity contribution in [1.29, 1.82) is 0 Å². The molecule has 0 N–H and O–H groups in total. The predicted octanol–water partition coefficient (Wildman–Crippen LogP) is 10.6. The van der Waals surface area contributed by atoms with Crippen LogP contribution in [0.1, 0.15) is 37.6 Å². The van der Waals surface area contributed by atoms with Crippen molar-refractivity contribution >= 4 is 39.5 Å². The number of rotatable bonds is 6. The van der Waals surface area contributed by atoms with E-state index in [-0.39, 0.29) is 0 Å². The van der Waals surface area contributed by atoms with Crippen LogP contribution in [0, 0.1) is 0 Å². The molecular formula is C46H40N2. The Morgan fingerprint density at radius 2 is 1.21 bits per heavy atom. The first-order chi connectivity index (χ1) is 23.7. The van der Waals surface area contributed by atoms with Gasteiger partial charge >= 0.3 is 0 Å². The van der Waals surface area contributed by atoms with Gasteiger partial charge in [-0.25, -0.2) is 0 Å². The van der Waals surface area contributed by atoms with Crippen molar-refractivity contribution in [3.63, 3.8) is 0 Å². The van der Waals surface area contributed by atoms with E-state index in [4.69, 9.17) is 0 Å². The van der Waals surface area contributed by atoms with Crippen LogP contribution in [0.4, 0.5) is 0 Å². The Labute approximate surface area is 283 Å². The molecule has 0 saturated heterocycles. The fraction of sp³-hybridized carbons (Fsp3) is 0.0870. The van der Waals surface area contributed by atoms with Crippen molar-refractivity contribution in [1.82, 2.24) is 9.13 Å². The Morgan fingerprint density at radius 3 is 1.92 bits per heavy atom. The summed E-state index contributed by atoms with van der Waals surface area (Å²) < 4.78 is 4.86. The van der Waals surface area contributed by atoms with E-state index in [1.54, 1.807) is 0 Å². The van der Waals surface area contributed by atoms with Crippen molar-refractivity contribution < 1.29 is 0 Å². The van der Waals surface area contributed by atoms with Crippen LogP contribution >= 0.6 is 0 Å². The smallest absolute Gasteiger partial charge is 0.0540 e. The van der Waals surface area contributed by atoms with Crippen LogP contribution < -0.4 is 10.6 Å². The van der Waals surface area contributed by atoms with E-state index in [1.807, 2.05) is 39.0 Å². The van der Waals surface area contributed by atoms with Crippen LogP contribution in [0.3, 0.4) is 0 Å². The molecule has 2 nitrogen and oxygen atoms in total. The van der Waals surface area contributed by atoms with Gasteiger partial charge in [-0.1, -0.05) is 142 Å². The van der Waals surface area contributed by atoms with Gasteiger partial charge in [-0.05, 0) is 71.7 Å². The summed E-state index contributed by atoms with van der Waals surface area (Å²) in [5.41, 5.74) is 11.9. The quantitative estimate of drug-likeness (QED) is 0.164. The van der Waals surface area contributed by atoms with Crippen molar-refractivity contribution in [2.45, 2.75) is 27.2 Å². The number of para-hydroxylation sites is 2. The predicted molar refractivity (Wildman–Crippen MR) is 207 cm³/mol. The standard InChI is InChI=1S/C44H34N2.C2H6/c1-3-4-6-13-31(2)32-20-24-35(25-21-32)45-41-18-11-9-16-37(41)39-30-40-38-17-10-12-19-42(38)46(44(40)29-28-43(39)45)36-26-22-34(23-27-36)33-14-7-5-8-15-33;1-2/h3-28,30H,2,29H2,1H3;1-2H3/b4-3-,13-6-;. The van der Waals surface area contributed by atoms with Gasteiger partial charge < -0.3 is 9.13 Å². The number of fused-ring (bicyclic) bond motifs is 6. The molecule has 2 aromatic heterocycles. The highest BCUT2D eigenvalue weighted by molar-refractivity contribution is 5.95. The first-order valence-electron chi connectivity index (χ1n) is 16.9. The Bertz CT molecular complexity index is 2430. The lowest BCUT2D eigenvalue weighted by atomic mass is 10.1. The molecule has 7 aromatic rings. The highest BCUT2D eigenvalue weighted by Crippen LogP contribution is 2.33. The molecule has 0 radical (unpaired) electrons. The lowest BCUT2D eigenvalue weighted by molar-refractivity contribution is 1.01. The zero-order valence-electron chi connectivity index (χ0n) is 27.9. The topological polar surface area (TPSA) is 9.86 Å². The molecule has 0 atom stereocenters. The molecule has 0 spiro atoms. The summed E-state index contributed by atoms with van der Waals surface area (Å²) >= 11 is 0. The first kappa shape index (κ1) is 30.8. The van der Waals surface area contributed by atoms with Gasteiger partial charge in [-0.2, -0.15) is 0 Å². The Hall–Kier alpha value is -5.86. The highest BCUT2D eigenvalue weighted by Gasteiger charge is 2.20. The number of aromatic nitrogens is 2. The molecule has 1 aliphatic carbocycles. The second kappa shape index (κ2) is 13.5. The van der Waals surface area contributed by atoms with E-state index in [0.717, 1.165) is 23.2 Å². The van der Waals surface area contributed by atoms with Crippen molar-refractivity contribution in [2.75, 3.05) is 0 Å². The molecule has 8 rings (SSSR count). The molecule has 5 aromatic carbocycles. The lowest BCUT2D eigenvalue weighted by Gasteiger charge is -2.12. The summed E-state index contributed by atoms with van der Waals surface area (Å²) in [6, 6.07) is 45.9. The van der Waals surface area contributed by atoms with Crippen LogP contribution in [0.25, 0.3) is 62.0 Å². The highest BCUT2D eigenvalue weighted by atomic mass is 15.0. The fourth-order valence-electron chi connectivity index (χ4n) is 6.87. The van der Waals surface area contributed by atoms with Gasteiger partial charge in [-0.15, -0.1) is 0 Å². The summed E-state index contributed by atoms with van der Waals surface area (Å²) in [7, 11) is 0. The number of allylic oxidation sites excluding steroid dienone is 5. The maximum atomic E-state index is 4.28. The minimum Gasteiger partial charge on any atom is -0.313 e. The average Bonchev–Trinajstić information content (AvgIpc) is 3.56. The van der Waals surface area contributed by atoms with Gasteiger partial charge in [-0.3, -0.25) is 0 Å². The summed E-state index contributed by atoms with van der Waals surface area (Å²) in [6.45, 7) is 10.3. The maximum Gasteiger partial charge on any atom is 0.0540 e. The van der Waals surface area contributed by atoms with Crippen LogP contribution in [0.2, 0.25) is 0 Å². The third kappa shape index (κ3) is 5.46. The Kier molecular flexibility index (Phi) is 8.64. The van der Waals surface area contributed by atoms with E-state index in [2.05, 4.69) is 161 Å². The maximum absolute atomic E-state index is 4.28. The number of nitrogens with zero attached hydrogens (tertiary/aromatic N) is 2. The fourth-order valence-corrected chi connectivity index (χ4v) is 6.87. The van der Waals surface area contributed by atoms with Crippen LogP contribution in [-0.4, -0.2) is 9.13 Å². The summed E-state index contributed by atoms with van der Waals surface area (Å²) in [6.07, 6.45) is 13.8. The van der Waals surface area contributed by atoms with Crippen molar-refractivity contribution in [2.24, 2.45) is 0 Å². The van der Waals surface area contributed by atoms with Gasteiger partial charge in [0, 0.05) is 45.0 Å². The van der Waals surface area contributed by atoms with Gasteiger partial charge in [0.25, 0.3) is 0 Å². The monoisotopic (exact) mass is 620 g/mol. The van der Waals surface area contributed by atoms with E-state index in [9.17, 15) is 0 Å². The van der Waals surface area contributed by atoms with Gasteiger partial charge in [0.05, 0.1) is 16.4 Å². The molecule has 234 valence electrons. The molecule has 0 aliphatic heterocycles. The first-order valence-corrected chi connectivity index (χ1v) is 16.9. The molecule has 0 saturated carbocycles. The molecule has 0 amide bonds. The van der Waals surface area contributed by atoms with Crippen LogP contribution in [-0.2, 0) is 6.42 Å². The number of benzene rings is 5. The van der Waals surface area contributed by atoms with Crippen molar-refractivity contribution in [3.8, 4) is 22.5 Å². The Morgan fingerprint density at radius 1 is 0.625 bits per heavy atom. The second-order valence-electron chi connectivity index (χ2n) is 11.8. The normalized spacial score (nSPS) is 12.2. The van der Waals surface area contributed by atoms with Crippen LogP contribution in [0.5, 0.6) is 0 Å². The van der Waals surface area contributed by atoms with E-state index in [0.29, 0.717) is 0 Å². The third-order valence-corrected chi connectivity index (χ3v) is 9.08. The zero-order valence-corrected chi connectivity index (χ0v) is 27.9. The molecule has 0 bridgehead atoms. The third-order valence-electron chi connectivity index (χ3n) is 9.08. The Balaban J connectivity index is 0.00000179. The number of hydrogen-bond acceptors (Lipinski definition) is 0. The molecule has 0 unspecified atom stereocenters. The van der Waals surface area contributed by atoms with E-state index in [1.165, 1.54) is 60.4 Å². The van der Waals surface area contributed by atoms with E-state index >= 15 is 0 Å². The van der Waals surface area contributed by atoms with Crippen LogP contribution in [0.15, 0.2) is 158 Å². The zero-order chi connectivity index (χ0) is 33.0. The van der Waals surface area contributed by atoms with Crippen molar-refractivity contribution in [3.05, 3.63) is 186 Å². The summed E-state index contributed by atoms with van der Waals surface area (Å²) in [5.74, 6) is 0. The molecular weight excluding hydrogens is 581 g/mol. The number of hydrogen-bond donors (Lipinski definition) is 0. The lowest BCUT2D eigenvalue weighted by Crippen LogP contribution is -2.28. The molecule has 2 heteroatoms. The summed E-state index contributed by atoms with van der Waals surface area (Å²) in [4.78, 5) is 0. The largest absolute Gasteiger partial charge is 0.313 e. The molecule has 1 aliphatic rings. The minimum atomic E-state index is 0.814. The molecule has 2 heterocycles. The minimum absolute atomic E-state index is 0.814. The second-order valence-corrected chi connectivity index (χ2v) is 11.8. The van der Waals surface area contributed by atoms with Gasteiger partial charge in [0.15, 0.2) is 0 Å². The SMILES string of the molecule is C=C(/C=C\C=C/C)c1ccc(-n2c3c(c4ccccc42)=Cc2c(n(-c4ccc(-c5ccccc5)cc4)c4ccccc24)CC=3)cc1.CC. The van der Waals surface area contributed by atoms with Gasteiger partial charge in [0.1, 0.15) is 0 Å². The molecule has 48 heavy (non-hydrogen) atoms. The van der Waals surface area contributed by atoms with Gasteiger partial charge in [0.2, 0.25) is 0 Å². The molecule has 0 fully saturated rings. The average molecular weight is 621 g/mol. The van der Waals surface area contributed by atoms with E-state index < -0.39 is 0 Å². The summed E-state index contributed by atoms with van der Waals surface area (Å²) in [5, 5.41) is 5.02.